The molecule has 0 spiro atoms. The quantitative estimate of drug-likeness (QED) is 0.103. The minimum absolute atomic E-state index is 0. The number of benzene rings is 1. The highest BCUT2D eigenvalue weighted by Crippen LogP contribution is 2.11. The predicted molar refractivity (Wildman–Crippen MR) is 138 cm³/mol. The van der Waals surface area contributed by atoms with Crippen molar-refractivity contribution in [3.05, 3.63) is 65.0 Å². The van der Waals surface area contributed by atoms with Crippen LogP contribution in [0.1, 0.15) is 44.8 Å². The number of halogens is 1. The summed E-state index contributed by atoms with van der Waals surface area (Å²) in [7, 11) is 0. The highest BCUT2D eigenvalue weighted by Gasteiger charge is 2.12. The Morgan fingerprint density at radius 3 is 1.94 bits per heavy atom. The number of aromatic carboxylic acids is 1. The molecule has 0 unspecified atom stereocenters. The lowest BCUT2D eigenvalue weighted by Gasteiger charge is -2.08. The van der Waals surface area contributed by atoms with Crippen molar-refractivity contribution in [1.82, 2.24) is 10.3 Å². The Morgan fingerprint density at radius 1 is 0.861 bits per heavy atom. The van der Waals surface area contributed by atoms with E-state index in [2.05, 4.69) is 15.4 Å². The first kappa shape index (κ1) is 30.9. The van der Waals surface area contributed by atoms with Crippen molar-refractivity contribution >= 4 is 30.0 Å². The van der Waals surface area contributed by atoms with E-state index >= 15 is 0 Å². The molecule has 6 N–H and O–H groups in total. The van der Waals surface area contributed by atoms with Gasteiger partial charge in [0, 0.05) is 31.5 Å². The molecule has 0 bridgehead atoms. The number of pyridine rings is 1. The van der Waals surface area contributed by atoms with Gasteiger partial charge >= 0.3 is 5.97 Å². The number of carboxylic acids is 1. The molecule has 11 nitrogen and oxygen atoms in total. The molecule has 36 heavy (non-hydrogen) atoms. The maximum atomic E-state index is 12.3. The van der Waals surface area contributed by atoms with Crippen LogP contribution in [0.3, 0.4) is 0 Å². The fraction of sp³-hybridized carbons (Fsp3) is 0.417. The largest absolute Gasteiger partial charge is 0.478 e. The zero-order valence-electron chi connectivity index (χ0n) is 20.1. The van der Waals surface area contributed by atoms with E-state index in [0.29, 0.717) is 81.7 Å². The van der Waals surface area contributed by atoms with Crippen LogP contribution < -0.4 is 16.9 Å². The summed E-state index contributed by atoms with van der Waals surface area (Å²) in [6, 6.07) is 9.39. The van der Waals surface area contributed by atoms with Gasteiger partial charge in [-0.15, -0.1) is 12.4 Å². The van der Waals surface area contributed by atoms with Crippen LogP contribution in [0, 0.1) is 0 Å². The van der Waals surface area contributed by atoms with E-state index in [1.165, 1.54) is 18.3 Å². The van der Waals surface area contributed by atoms with E-state index in [1.807, 2.05) is 0 Å². The Labute approximate surface area is 216 Å². The van der Waals surface area contributed by atoms with E-state index in [-0.39, 0.29) is 23.9 Å². The van der Waals surface area contributed by atoms with E-state index in [9.17, 15) is 9.59 Å². The van der Waals surface area contributed by atoms with Gasteiger partial charge in [-0.3, -0.25) is 9.78 Å². The number of carbonyl (C=O) groups excluding carboxylic acids is 1. The number of hydrogen-bond acceptors (Lipinski definition) is 9. The number of hydrazone groups is 1. The van der Waals surface area contributed by atoms with Gasteiger partial charge in [0.1, 0.15) is 5.71 Å². The van der Waals surface area contributed by atoms with Gasteiger partial charge in [0.25, 0.3) is 5.91 Å². The normalized spacial score (nSPS) is 11.1. The molecule has 0 aliphatic carbocycles. The summed E-state index contributed by atoms with van der Waals surface area (Å²) < 4.78 is 16.2. The van der Waals surface area contributed by atoms with Crippen LogP contribution in [0.15, 0.2) is 47.7 Å². The van der Waals surface area contributed by atoms with Crippen LogP contribution in [0.4, 0.5) is 0 Å². The van der Waals surface area contributed by atoms with Crippen molar-refractivity contribution in [2.24, 2.45) is 16.7 Å². The summed E-state index contributed by atoms with van der Waals surface area (Å²) in [5.41, 5.74) is 7.39. The van der Waals surface area contributed by atoms with Gasteiger partial charge in [0.2, 0.25) is 0 Å². The summed E-state index contributed by atoms with van der Waals surface area (Å²) >= 11 is 0. The summed E-state index contributed by atoms with van der Waals surface area (Å²) in [4.78, 5) is 27.6. The van der Waals surface area contributed by atoms with E-state index in [1.54, 1.807) is 24.3 Å². The number of amides is 1. The number of aromatic nitrogens is 1. The van der Waals surface area contributed by atoms with Crippen LogP contribution in [-0.2, 0) is 14.2 Å². The maximum absolute atomic E-state index is 12.3. The smallest absolute Gasteiger partial charge is 0.335 e. The lowest BCUT2D eigenvalue weighted by Crippen LogP contribution is -2.25. The van der Waals surface area contributed by atoms with Gasteiger partial charge in [-0.2, -0.15) is 5.10 Å². The Balaban J connectivity index is 0.00000648. The van der Waals surface area contributed by atoms with Crippen molar-refractivity contribution in [2.75, 3.05) is 52.7 Å². The Morgan fingerprint density at radius 2 is 1.42 bits per heavy atom. The topological polar surface area (TPSA) is 171 Å². The van der Waals surface area contributed by atoms with Crippen molar-refractivity contribution < 1.29 is 28.9 Å². The first-order valence-electron chi connectivity index (χ1n) is 11.4. The van der Waals surface area contributed by atoms with Crippen LogP contribution >= 0.6 is 12.4 Å². The van der Waals surface area contributed by atoms with Gasteiger partial charge in [0.15, 0.2) is 0 Å². The Kier molecular flexibility index (Phi) is 15.7. The lowest BCUT2D eigenvalue weighted by molar-refractivity contribution is 0.0141. The zero-order valence-corrected chi connectivity index (χ0v) is 20.9. The third-order valence-electron chi connectivity index (χ3n) is 4.79. The molecule has 12 heteroatoms. The molecule has 1 aromatic heterocycles. The molecule has 0 fully saturated rings. The van der Waals surface area contributed by atoms with Crippen molar-refractivity contribution in [2.45, 2.75) is 12.8 Å². The minimum Gasteiger partial charge on any atom is -0.478 e. The van der Waals surface area contributed by atoms with Crippen molar-refractivity contribution in [3.63, 3.8) is 0 Å². The SMILES string of the molecule is Cl.NCCCOCCOCCOCCCNC(=O)c1ccc(C(=NN)c2ccc(C(=O)O)cc2)nc1. The third kappa shape index (κ3) is 11.1. The molecule has 0 saturated carbocycles. The number of hydrogen-bond donors (Lipinski definition) is 4. The average molecular weight is 524 g/mol. The number of carboxylic acid groups (broad SMARTS) is 1. The molecular weight excluding hydrogens is 490 g/mol. The standard InChI is InChI=1S/C24H33N5O6.ClH/c25-9-1-11-33-13-15-35-16-14-34-12-2-10-27-23(30)20-7-8-21(28-17-20)22(29-26)18-3-5-19(6-4-18)24(31)32;/h3-8,17H,1-2,9-16,25-26H2,(H,27,30)(H,31,32);1H. The van der Waals surface area contributed by atoms with Crippen LogP contribution in [0.25, 0.3) is 0 Å². The van der Waals surface area contributed by atoms with Gasteiger partial charge in [-0.25, -0.2) is 4.79 Å². The summed E-state index contributed by atoms with van der Waals surface area (Å²) in [5, 5.41) is 15.6. The van der Waals surface area contributed by atoms with Gasteiger partial charge in [-0.05, 0) is 43.7 Å². The fourth-order valence-corrected chi connectivity index (χ4v) is 2.93. The second kappa shape index (κ2) is 18.2. The van der Waals surface area contributed by atoms with E-state index in [0.717, 1.165) is 6.42 Å². The number of rotatable bonds is 17. The number of ether oxygens (including phenoxy) is 3. The van der Waals surface area contributed by atoms with Crippen LogP contribution in [0.2, 0.25) is 0 Å². The molecule has 1 aromatic carbocycles. The first-order valence-corrected chi connectivity index (χ1v) is 11.4. The molecule has 0 saturated heterocycles. The molecule has 2 aromatic rings. The monoisotopic (exact) mass is 523 g/mol. The molecule has 2 rings (SSSR count). The lowest BCUT2D eigenvalue weighted by atomic mass is 10.0. The molecule has 1 amide bonds. The predicted octanol–water partition coefficient (Wildman–Crippen LogP) is 1.43. The highest BCUT2D eigenvalue weighted by molar-refractivity contribution is 6.12. The summed E-state index contributed by atoms with van der Waals surface area (Å²) in [5.74, 6) is 4.25. The average Bonchev–Trinajstić information content (AvgIpc) is 2.88. The highest BCUT2D eigenvalue weighted by atomic mass is 35.5. The Hall–Kier alpha value is -3.09. The van der Waals surface area contributed by atoms with Crippen molar-refractivity contribution in [3.8, 4) is 0 Å². The number of nitrogens with zero attached hydrogens (tertiary/aromatic N) is 2. The molecule has 0 aliphatic rings. The van der Waals surface area contributed by atoms with E-state index < -0.39 is 5.97 Å². The molecule has 1 heterocycles. The van der Waals surface area contributed by atoms with E-state index in [4.69, 9.17) is 30.9 Å². The summed E-state index contributed by atoms with van der Waals surface area (Å²) in [6.07, 6.45) is 2.95. The van der Waals surface area contributed by atoms with Gasteiger partial charge in [0.05, 0.1) is 43.2 Å². The number of nitrogens with one attached hydrogen (secondary N) is 1. The first-order chi connectivity index (χ1) is 17.1. The minimum atomic E-state index is -1.02. The van der Waals surface area contributed by atoms with Gasteiger partial charge < -0.3 is 36.2 Å². The van der Waals surface area contributed by atoms with Gasteiger partial charge in [-0.1, -0.05) is 12.1 Å². The second-order valence-electron chi connectivity index (χ2n) is 7.38. The number of carbonyl (C=O) groups is 2. The zero-order chi connectivity index (χ0) is 25.3. The maximum Gasteiger partial charge on any atom is 0.335 e. The summed E-state index contributed by atoms with van der Waals surface area (Å²) in [6.45, 7) is 4.27. The van der Waals surface area contributed by atoms with Crippen LogP contribution in [-0.4, -0.2) is 80.4 Å². The third-order valence-corrected chi connectivity index (χ3v) is 4.79. The number of nitrogens with two attached hydrogens (primary N) is 2. The molecular formula is C24H34ClN5O6. The van der Waals surface area contributed by atoms with Crippen LogP contribution in [0.5, 0.6) is 0 Å². The molecule has 0 aliphatic heterocycles. The Bertz CT molecular complexity index is 941. The molecule has 198 valence electrons. The fourth-order valence-electron chi connectivity index (χ4n) is 2.93. The second-order valence-corrected chi connectivity index (χ2v) is 7.38. The molecule has 0 radical (unpaired) electrons. The molecule has 0 atom stereocenters. The van der Waals surface area contributed by atoms with Crippen molar-refractivity contribution in [1.29, 1.82) is 0 Å².